The largest absolute Gasteiger partial charge is 0.465 e. The van der Waals surface area contributed by atoms with E-state index in [-0.39, 0.29) is 36.0 Å². The van der Waals surface area contributed by atoms with Crippen LogP contribution in [-0.4, -0.2) is 40.7 Å². The zero-order valence-electron chi connectivity index (χ0n) is 15.3. The fourth-order valence-electron chi connectivity index (χ4n) is 4.24. The third-order valence-corrected chi connectivity index (χ3v) is 5.48. The number of benzene rings is 1. The maximum atomic E-state index is 12.0. The fourth-order valence-corrected chi connectivity index (χ4v) is 4.24. The van der Waals surface area contributed by atoms with E-state index in [1.165, 1.54) is 7.11 Å². The van der Waals surface area contributed by atoms with Crippen LogP contribution in [-0.2, 0) is 4.74 Å². The third-order valence-electron chi connectivity index (χ3n) is 5.48. The highest BCUT2D eigenvalue weighted by Crippen LogP contribution is 2.36. The molecule has 0 radical (unpaired) electrons. The molecule has 1 aliphatic carbocycles. The lowest BCUT2D eigenvalue weighted by Crippen LogP contribution is -2.40. The van der Waals surface area contributed by atoms with Crippen LogP contribution < -0.4 is 10.6 Å². The zero-order valence-corrected chi connectivity index (χ0v) is 15.3. The van der Waals surface area contributed by atoms with Gasteiger partial charge >= 0.3 is 12.0 Å². The van der Waals surface area contributed by atoms with Gasteiger partial charge in [-0.2, -0.15) is 0 Å². The molecule has 2 amide bonds. The number of ether oxygens (including phenoxy) is 1. The number of esters is 1. The van der Waals surface area contributed by atoms with Gasteiger partial charge in [0.2, 0.25) is 0 Å². The highest BCUT2D eigenvalue weighted by molar-refractivity contribution is 5.93. The van der Waals surface area contributed by atoms with Gasteiger partial charge in [0, 0.05) is 12.0 Å². The highest BCUT2D eigenvalue weighted by Gasteiger charge is 2.38. The molecule has 3 atom stereocenters. The van der Waals surface area contributed by atoms with Crippen molar-refractivity contribution in [3.8, 4) is 0 Å². The number of rotatable bonds is 3. The Morgan fingerprint density at radius 2 is 2.04 bits per heavy atom. The molecule has 26 heavy (non-hydrogen) atoms. The summed E-state index contributed by atoms with van der Waals surface area (Å²) in [5, 5.41) is 6.02. The molecular weight excluding hydrogens is 332 g/mol. The summed E-state index contributed by atoms with van der Waals surface area (Å²) in [7, 11) is 1.39. The van der Waals surface area contributed by atoms with Crippen LogP contribution in [0.2, 0.25) is 0 Å². The molecule has 2 fully saturated rings. The molecule has 0 bridgehead atoms. The van der Waals surface area contributed by atoms with Crippen molar-refractivity contribution in [2.45, 2.75) is 57.2 Å². The number of carbonyl (C=O) groups is 2. The number of nitrogens with zero attached hydrogens (tertiary/aromatic N) is 2. The summed E-state index contributed by atoms with van der Waals surface area (Å²) in [5.74, 6) is 0.933. The van der Waals surface area contributed by atoms with Crippen LogP contribution in [0.4, 0.5) is 4.79 Å². The number of urea groups is 1. The first-order chi connectivity index (χ1) is 12.5. The smallest absolute Gasteiger partial charge is 0.337 e. The molecule has 1 aliphatic heterocycles. The number of nitrogens with one attached hydrogen (secondary N) is 2. The van der Waals surface area contributed by atoms with Crippen molar-refractivity contribution in [3.63, 3.8) is 0 Å². The molecule has 1 saturated carbocycles. The minimum absolute atomic E-state index is 0.0757. The average Bonchev–Trinajstić information content (AvgIpc) is 3.19. The first kappa shape index (κ1) is 16.9. The summed E-state index contributed by atoms with van der Waals surface area (Å²) in [6, 6.07) is 6.03. The minimum atomic E-state index is -0.346. The molecule has 2 aromatic rings. The van der Waals surface area contributed by atoms with E-state index in [0.29, 0.717) is 5.56 Å². The van der Waals surface area contributed by atoms with Crippen LogP contribution in [0.25, 0.3) is 11.0 Å². The van der Waals surface area contributed by atoms with E-state index >= 15 is 0 Å². The van der Waals surface area contributed by atoms with Gasteiger partial charge in [-0.25, -0.2) is 14.6 Å². The van der Waals surface area contributed by atoms with Gasteiger partial charge in [-0.1, -0.05) is 13.8 Å². The summed E-state index contributed by atoms with van der Waals surface area (Å²) in [6.45, 7) is 4.26. The summed E-state index contributed by atoms with van der Waals surface area (Å²) < 4.78 is 7.14. The van der Waals surface area contributed by atoms with E-state index in [9.17, 15) is 9.59 Å². The van der Waals surface area contributed by atoms with Crippen molar-refractivity contribution in [1.82, 2.24) is 20.2 Å². The lowest BCUT2D eigenvalue weighted by Gasteiger charge is -2.33. The number of methoxy groups -OCH3 is 1. The average molecular weight is 356 g/mol. The normalized spacial score (nSPS) is 25.1. The Hall–Kier alpha value is -2.57. The Balaban J connectivity index is 1.77. The third kappa shape index (κ3) is 2.71. The van der Waals surface area contributed by atoms with E-state index < -0.39 is 0 Å². The van der Waals surface area contributed by atoms with E-state index in [2.05, 4.69) is 29.0 Å². The quantitative estimate of drug-likeness (QED) is 0.828. The van der Waals surface area contributed by atoms with Gasteiger partial charge in [0.15, 0.2) is 0 Å². The van der Waals surface area contributed by atoms with E-state index in [1.54, 1.807) is 6.07 Å². The van der Waals surface area contributed by atoms with Crippen molar-refractivity contribution in [1.29, 1.82) is 0 Å². The fraction of sp³-hybridized carbons (Fsp3) is 0.526. The Kier molecular flexibility index (Phi) is 4.09. The predicted molar refractivity (Wildman–Crippen MR) is 97.3 cm³/mol. The van der Waals surface area contributed by atoms with Crippen LogP contribution in [0.3, 0.4) is 0 Å². The minimum Gasteiger partial charge on any atom is -0.465 e. The molecule has 4 rings (SSSR count). The molecule has 2 aliphatic rings. The summed E-state index contributed by atoms with van der Waals surface area (Å²) >= 11 is 0. The number of hydrogen-bond donors (Lipinski definition) is 2. The number of hydrogen-bond acceptors (Lipinski definition) is 4. The number of fused-ring (bicyclic) bond motifs is 2. The molecular formula is C19H24N4O3. The lowest BCUT2D eigenvalue weighted by molar-refractivity contribution is 0.0601. The molecule has 7 heteroatoms. The maximum absolute atomic E-state index is 12.0. The Labute approximate surface area is 152 Å². The van der Waals surface area contributed by atoms with Gasteiger partial charge < -0.3 is 19.9 Å². The molecule has 1 aromatic carbocycles. The Morgan fingerprint density at radius 3 is 2.77 bits per heavy atom. The number of aromatic nitrogens is 2. The van der Waals surface area contributed by atoms with Crippen molar-refractivity contribution in [3.05, 3.63) is 29.6 Å². The molecule has 138 valence electrons. The van der Waals surface area contributed by atoms with Crippen molar-refractivity contribution >= 4 is 23.0 Å². The van der Waals surface area contributed by atoms with Crippen LogP contribution in [0.5, 0.6) is 0 Å². The predicted octanol–water partition coefficient (Wildman–Crippen LogP) is 2.72. The van der Waals surface area contributed by atoms with E-state index in [1.807, 2.05) is 12.1 Å². The van der Waals surface area contributed by atoms with Gasteiger partial charge in [0.1, 0.15) is 5.82 Å². The van der Waals surface area contributed by atoms with Crippen LogP contribution in [0, 0.1) is 0 Å². The molecule has 2 N–H and O–H groups in total. The second kappa shape index (κ2) is 6.30. The first-order valence-corrected chi connectivity index (χ1v) is 9.15. The number of carbonyl (C=O) groups excluding carboxylic acids is 2. The van der Waals surface area contributed by atoms with Crippen molar-refractivity contribution in [2.75, 3.05) is 7.11 Å². The monoisotopic (exact) mass is 356 g/mol. The van der Waals surface area contributed by atoms with Crippen molar-refractivity contribution in [2.24, 2.45) is 0 Å². The summed E-state index contributed by atoms with van der Waals surface area (Å²) in [5.41, 5.74) is 2.37. The molecule has 1 saturated heterocycles. The molecule has 7 nitrogen and oxygen atoms in total. The maximum Gasteiger partial charge on any atom is 0.337 e. The molecule has 3 unspecified atom stereocenters. The standard InChI is InChI=1S/C19H24N4O3/c1-10(2)17-20-14-6-4-11(18(24)26-3)8-16(14)23(17)12-5-7-13-15(9-12)22-19(25)21-13/h4,6,8,10,12-13,15H,5,7,9H2,1-3H3,(H2,21,22,25). The van der Waals surface area contributed by atoms with Gasteiger partial charge in [-0.3, -0.25) is 0 Å². The Morgan fingerprint density at radius 1 is 1.27 bits per heavy atom. The Bertz CT molecular complexity index is 873. The van der Waals surface area contributed by atoms with Gasteiger partial charge in [0.05, 0.1) is 35.8 Å². The van der Waals surface area contributed by atoms with Crippen LogP contribution in [0.15, 0.2) is 18.2 Å². The van der Waals surface area contributed by atoms with Crippen molar-refractivity contribution < 1.29 is 14.3 Å². The van der Waals surface area contributed by atoms with Gasteiger partial charge in [-0.05, 0) is 37.5 Å². The first-order valence-electron chi connectivity index (χ1n) is 9.15. The van der Waals surface area contributed by atoms with E-state index in [0.717, 1.165) is 36.1 Å². The van der Waals surface area contributed by atoms with Crippen LogP contribution >= 0.6 is 0 Å². The zero-order chi connectivity index (χ0) is 18.4. The van der Waals surface area contributed by atoms with Gasteiger partial charge in [0.25, 0.3) is 0 Å². The lowest BCUT2D eigenvalue weighted by atomic mass is 9.87. The summed E-state index contributed by atoms with van der Waals surface area (Å²) in [4.78, 5) is 28.4. The molecule has 1 aromatic heterocycles. The van der Waals surface area contributed by atoms with E-state index in [4.69, 9.17) is 9.72 Å². The highest BCUT2D eigenvalue weighted by atomic mass is 16.5. The second-order valence-electron chi connectivity index (χ2n) is 7.49. The number of amides is 2. The van der Waals surface area contributed by atoms with Crippen LogP contribution in [0.1, 0.15) is 61.3 Å². The number of imidazole rings is 1. The second-order valence-corrected chi connectivity index (χ2v) is 7.49. The SMILES string of the molecule is COC(=O)c1ccc2nc(C(C)C)n(C3CCC4NC(=O)NC4C3)c2c1. The molecule has 2 heterocycles. The topological polar surface area (TPSA) is 85.2 Å². The summed E-state index contributed by atoms with van der Waals surface area (Å²) in [6.07, 6.45) is 2.76. The van der Waals surface area contributed by atoms with Gasteiger partial charge in [-0.15, -0.1) is 0 Å². The molecule has 0 spiro atoms.